The molecule has 3 nitrogen and oxygen atoms in total. The van der Waals surface area contributed by atoms with Gasteiger partial charge in [-0.1, -0.05) is 78.1 Å². The van der Waals surface area contributed by atoms with Crippen molar-refractivity contribution in [3.8, 4) is 10.8 Å². The highest BCUT2D eigenvalue weighted by Gasteiger charge is 2.18. The van der Waals surface area contributed by atoms with Crippen LogP contribution in [0.25, 0.3) is 75.4 Å². The van der Waals surface area contributed by atoms with E-state index in [1.807, 2.05) is 0 Å². The fraction of sp³-hybridized carbons (Fsp3) is 0. The molecule has 0 aliphatic heterocycles. The minimum atomic E-state index is 1.00. The van der Waals surface area contributed by atoms with Crippen molar-refractivity contribution in [2.75, 3.05) is 0 Å². The molecule has 0 bridgehead atoms. The third-order valence-corrected chi connectivity index (χ3v) is 8.93. The molecule has 6 aromatic carbocycles. The number of aromatic nitrogens is 3. The van der Waals surface area contributed by atoms with Crippen LogP contribution in [0, 0.1) is 0 Å². The molecule has 0 radical (unpaired) electrons. The van der Waals surface area contributed by atoms with Crippen LogP contribution in [0.3, 0.4) is 0 Å². The lowest BCUT2D eigenvalue weighted by Gasteiger charge is -2.09. The van der Waals surface area contributed by atoms with Crippen molar-refractivity contribution in [3.63, 3.8) is 0 Å². The summed E-state index contributed by atoms with van der Waals surface area (Å²) in [5.41, 5.74) is 7.04. The number of thiazole rings is 1. The Morgan fingerprint density at radius 3 is 1.72 bits per heavy atom. The number of rotatable bonds is 2. The lowest BCUT2D eigenvalue weighted by molar-refractivity contribution is 1.15. The van der Waals surface area contributed by atoms with Gasteiger partial charge < -0.3 is 4.57 Å². The molecule has 0 aliphatic carbocycles. The highest BCUT2D eigenvalue weighted by molar-refractivity contribution is 7.20. The summed E-state index contributed by atoms with van der Waals surface area (Å²) < 4.78 is 5.93. The molecule has 0 N–H and O–H groups in total. The largest absolute Gasteiger partial charge is 0.309 e. The van der Waals surface area contributed by atoms with E-state index in [1.165, 1.54) is 64.8 Å². The average molecular weight is 516 g/mol. The summed E-state index contributed by atoms with van der Waals surface area (Å²) in [4.78, 5) is 5.04. The Bertz CT molecular complexity index is 2360. The number of hydrogen-bond acceptors (Lipinski definition) is 2. The zero-order chi connectivity index (χ0) is 25.5. The van der Waals surface area contributed by atoms with Gasteiger partial charge in [-0.2, -0.15) is 0 Å². The van der Waals surface area contributed by atoms with Crippen LogP contribution in [0.5, 0.6) is 0 Å². The monoisotopic (exact) mass is 515 g/mol. The van der Waals surface area contributed by atoms with E-state index in [9.17, 15) is 0 Å². The van der Waals surface area contributed by atoms with Crippen LogP contribution in [0.2, 0.25) is 0 Å². The van der Waals surface area contributed by atoms with Crippen LogP contribution in [-0.4, -0.2) is 14.1 Å². The predicted molar refractivity (Wildman–Crippen MR) is 166 cm³/mol. The first-order valence-electron chi connectivity index (χ1n) is 13.1. The van der Waals surface area contributed by atoms with Gasteiger partial charge >= 0.3 is 0 Å². The van der Waals surface area contributed by atoms with E-state index < -0.39 is 0 Å². The van der Waals surface area contributed by atoms with Gasteiger partial charge in [0.1, 0.15) is 0 Å². The smallest absolute Gasteiger partial charge is 0.195 e. The Balaban J connectivity index is 1.41. The number of nitrogens with zero attached hydrogens (tertiary/aromatic N) is 3. The molecule has 39 heavy (non-hydrogen) atoms. The van der Waals surface area contributed by atoms with Gasteiger partial charge in [0.05, 0.1) is 32.3 Å². The second-order valence-electron chi connectivity index (χ2n) is 10.1. The fourth-order valence-corrected chi connectivity index (χ4v) is 7.19. The fourth-order valence-electron chi connectivity index (χ4n) is 6.20. The van der Waals surface area contributed by atoms with Crippen LogP contribution in [0.1, 0.15) is 0 Å². The van der Waals surface area contributed by atoms with Crippen LogP contribution in [0.15, 0.2) is 127 Å². The lowest BCUT2D eigenvalue weighted by Crippen LogP contribution is -1.93. The highest BCUT2D eigenvalue weighted by Crippen LogP contribution is 2.40. The van der Waals surface area contributed by atoms with Crippen molar-refractivity contribution in [2.45, 2.75) is 0 Å². The molecule has 0 atom stereocenters. The minimum Gasteiger partial charge on any atom is -0.309 e. The third kappa shape index (κ3) is 2.95. The lowest BCUT2D eigenvalue weighted by atomic mass is 10.0. The summed E-state index contributed by atoms with van der Waals surface area (Å²) in [6.45, 7) is 0. The first-order chi connectivity index (χ1) is 19.3. The molecule has 0 unspecified atom stereocenters. The molecular formula is C35H21N3S. The number of para-hydroxylation sites is 4. The summed E-state index contributed by atoms with van der Waals surface area (Å²) in [5.74, 6) is 0. The van der Waals surface area contributed by atoms with E-state index in [4.69, 9.17) is 4.98 Å². The second-order valence-corrected chi connectivity index (χ2v) is 11.1. The van der Waals surface area contributed by atoms with E-state index >= 15 is 0 Å². The predicted octanol–water partition coefficient (Wildman–Crippen LogP) is 9.64. The standard InChI is InChI=1S/C35H21N3S/c1-2-10-24(11-3-1)37-30-15-7-4-12-25(30)27-18-23-21-33-28(19-22(23)20-32(27)37)26-13-5-8-16-31(26)38(33)35-36-29-14-6-9-17-34(29)39-35/h1-21H. The van der Waals surface area contributed by atoms with Crippen molar-refractivity contribution in [3.05, 3.63) is 127 Å². The van der Waals surface area contributed by atoms with Gasteiger partial charge in [0.25, 0.3) is 0 Å². The number of benzene rings is 6. The molecule has 0 saturated heterocycles. The Hall–Kier alpha value is -4.93. The van der Waals surface area contributed by atoms with Crippen molar-refractivity contribution in [2.24, 2.45) is 0 Å². The van der Waals surface area contributed by atoms with E-state index in [2.05, 4.69) is 137 Å². The normalized spacial score (nSPS) is 12.1. The minimum absolute atomic E-state index is 1.00. The summed E-state index contributed by atoms with van der Waals surface area (Å²) >= 11 is 1.74. The van der Waals surface area contributed by atoms with Crippen LogP contribution >= 0.6 is 11.3 Å². The zero-order valence-electron chi connectivity index (χ0n) is 20.9. The molecule has 9 aromatic rings. The maximum Gasteiger partial charge on any atom is 0.195 e. The molecule has 0 fully saturated rings. The Morgan fingerprint density at radius 2 is 1.03 bits per heavy atom. The van der Waals surface area contributed by atoms with E-state index in [0.29, 0.717) is 0 Å². The van der Waals surface area contributed by atoms with Gasteiger partial charge in [0, 0.05) is 27.2 Å². The molecule has 9 rings (SSSR count). The summed E-state index contributed by atoms with van der Waals surface area (Å²) in [6, 6.07) is 45.9. The Labute approximate surface area is 227 Å². The first-order valence-corrected chi connectivity index (χ1v) is 14.0. The van der Waals surface area contributed by atoms with Crippen LogP contribution < -0.4 is 0 Å². The SMILES string of the molecule is c1ccc(-n2c3ccccc3c3cc4cc5c(cc4cc32)c2ccccc2n5-c2nc3ccccc3s2)cc1. The molecule has 0 amide bonds. The number of fused-ring (bicyclic) bond motifs is 8. The topological polar surface area (TPSA) is 22.8 Å². The molecular weight excluding hydrogens is 494 g/mol. The van der Waals surface area contributed by atoms with Crippen molar-refractivity contribution >= 4 is 75.9 Å². The van der Waals surface area contributed by atoms with Crippen molar-refractivity contribution in [1.82, 2.24) is 14.1 Å². The molecule has 3 aromatic heterocycles. The van der Waals surface area contributed by atoms with Crippen molar-refractivity contribution in [1.29, 1.82) is 0 Å². The molecule has 0 saturated carbocycles. The molecule has 0 spiro atoms. The zero-order valence-corrected chi connectivity index (χ0v) is 21.7. The quantitative estimate of drug-likeness (QED) is 0.225. The first kappa shape index (κ1) is 21.1. The Morgan fingerprint density at radius 1 is 0.462 bits per heavy atom. The summed E-state index contributed by atoms with van der Waals surface area (Å²) in [5, 5.41) is 8.51. The molecule has 4 heteroatoms. The molecule has 182 valence electrons. The Kier molecular flexibility index (Phi) is 4.21. The third-order valence-electron chi connectivity index (χ3n) is 7.91. The summed E-state index contributed by atoms with van der Waals surface area (Å²) in [6.07, 6.45) is 0. The van der Waals surface area contributed by atoms with Gasteiger partial charge in [0.15, 0.2) is 5.13 Å². The van der Waals surface area contributed by atoms with Gasteiger partial charge in [-0.15, -0.1) is 0 Å². The van der Waals surface area contributed by atoms with Gasteiger partial charge in [-0.25, -0.2) is 4.98 Å². The van der Waals surface area contributed by atoms with Gasteiger partial charge in [-0.05, 0) is 71.4 Å². The van der Waals surface area contributed by atoms with Crippen molar-refractivity contribution < 1.29 is 0 Å². The average Bonchev–Trinajstić information content (AvgIpc) is 3.65. The maximum atomic E-state index is 5.04. The van der Waals surface area contributed by atoms with Gasteiger partial charge in [-0.3, -0.25) is 4.57 Å². The highest BCUT2D eigenvalue weighted by atomic mass is 32.1. The van der Waals surface area contributed by atoms with E-state index in [-0.39, 0.29) is 0 Å². The molecule has 3 heterocycles. The van der Waals surface area contributed by atoms with Crippen LogP contribution in [-0.2, 0) is 0 Å². The van der Waals surface area contributed by atoms with E-state index in [1.54, 1.807) is 11.3 Å². The maximum absolute atomic E-state index is 5.04. The van der Waals surface area contributed by atoms with Gasteiger partial charge in [0.2, 0.25) is 0 Å². The second kappa shape index (κ2) is 7.79. The molecule has 0 aliphatic rings. The van der Waals surface area contributed by atoms with Crippen LogP contribution in [0.4, 0.5) is 0 Å². The van der Waals surface area contributed by atoms with E-state index in [0.717, 1.165) is 10.6 Å². The summed E-state index contributed by atoms with van der Waals surface area (Å²) in [7, 11) is 0. The number of hydrogen-bond donors (Lipinski definition) is 0.